The highest BCUT2D eigenvalue weighted by Gasteiger charge is 2.47. The molecule has 2 unspecified atom stereocenters. The Balaban J connectivity index is 1.55. The van der Waals surface area contributed by atoms with Crippen molar-refractivity contribution in [1.29, 1.82) is 0 Å². The molecule has 2 amide bonds. The Bertz CT molecular complexity index is 665. The molecule has 0 radical (unpaired) electrons. The van der Waals surface area contributed by atoms with Crippen LogP contribution in [0.25, 0.3) is 0 Å². The first-order valence-electron chi connectivity index (χ1n) is 7.90. The Morgan fingerprint density at radius 1 is 1.24 bits per heavy atom. The van der Waals surface area contributed by atoms with E-state index < -0.39 is 30.1 Å². The number of rotatable bonds is 3. The van der Waals surface area contributed by atoms with Gasteiger partial charge in [-0.25, -0.2) is 0 Å². The van der Waals surface area contributed by atoms with E-state index >= 15 is 0 Å². The zero-order chi connectivity index (χ0) is 18.0. The van der Waals surface area contributed by atoms with E-state index in [4.69, 9.17) is 9.47 Å². The van der Waals surface area contributed by atoms with Gasteiger partial charge < -0.3 is 19.7 Å². The molecule has 1 N–H and O–H groups in total. The number of amides is 2. The van der Waals surface area contributed by atoms with E-state index in [9.17, 15) is 22.8 Å². The van der Waals surface area contributed by atoms with Crippen LogP contribution in [0.3, 0.4) is 0 Å². The number of alkyl halides is 3. The van der Waals surface area contributed by atoms with E-state index in [1.54, 1.807) is 24.3 Å². The second-order valence-corrected chi connectivity index (χ2v) is 5.90. The molecule has 25 heavy (non-hydrogen) atoms. The van der Waals surface area contributed by atoms with Crippen LogP contribution >= 0.6 is 0 Å². The maximum atomic E-state index is 12.6. The van der Waals surface area contributed by atoms with Crippen LogP contribution in [0, 0.1) is 0 Å². The molecule has 2 heterocycles. The van der Waals surface area contributed by atoms with Gasteiger partial charge in [0.05, 0.1) is 6.54 Å². The standard InChI is InChI=1S/C16H17F3N2O4/c17-16(18,19)15(23)21-7-3-4-11(21)14(22)20-8-10-9-24-12-5-1-2-6-13(12)25-10/h1-2,5-6,10-11H,3-4,7-9H2,(H,20,22). The summed E-state index contributed by atoms with van der Waals surface area (Å²) >= 11 is 0. The third-order valence-electron chi connectivity index (χ3n) is 4.13. The lowest BCUT2D eigenvalue weighted by atomic mass is 10.2. The Morgan fingerprint density at radius 2 is 1.96 bits per heavy atom. The van der Waals surface area contributed by atoms with Crippen molar-refractivity contribution in [3.63, 3.8) is 0 Å². The first-order chi connectivity index (χ1) is 11.9. The van der Waals surface area contributed by atoms with Gasteiger partial charge in [-0.15, -0.1) is 0 Å². The minimum atomic E-state index is -4.98. The molecule has 6 nitrogen and oxygen atoms in total. The highest BCUT2D eigenvalue weighted by atomic mass is 19.4. The number of halogens is 3. The molecule has 2 aliphatic rings. The number of para-hydroxylation sites is 2. The fourth-order valence-corrected chi connectivity index (χ4v) is 2.94. The van der Waals surface area contributed by atoms with Gasteiger partial charge in [0.25, 0.3) is 0 Å². The summed E-state index contributed by atoms with van der Waals surface area (Å²) in [6.07, 6.45) is -4.87. The minimum absolute atomic E-state index is 0.0765. The van der Waals surface area contributed by atoms with E-state index in [-0.39, 0.29) is 26.1 Å². The summed E-state index contributed by atoms with van der Waals surface area (Å²) in [6, 6.07) is 5.96. The average Bonchev–Trinajstić information content (AvgIpc) is 3.07. The van der Waals surface area contributed by atoms with E-state index in [1.165, 1.54) is 0 Å². The number of carbonyl (C=O) groups excluding carboxylic acids is 2. The number of nitrogens with one attached hydrogen (secondary N) is 1. The number of fused-ring (bicyclic) bond motifs is 1. The Hall–Kier alpha value is -2.45. The number of hydrogen-bond acceptors (Lipinski definition) is 4. The third-order valence-corrected chi connectivity index (χ3v) is 4.13. The van der Waals surface area contributed by atoms with Gasteiger partial charge in [0.2, 0.25) is 5.91 Å². The van der Waals surface area contributed by atoms with Crippen LogP contribution in [0.2, 0.25) is 0 Å². The summed E-state index contributed by atoms with van der Waals surface area (Å²) < 4.78 is 49.0. The fraction of sp³-hybridized carbons (Fsp3) is 0.500. The van der Waals surface area contributed by atoms with Crippen molar-refractivity contribution in [1.82, 2.24) is 10.2 Å². The summed E-state index contributed by atoms with van der Waals surface area (Å²) in [6.45, 7) is 0.220. The van der Waals surface area contributed by atoms with E-state index in [0.29, 0.717) is 22.8 Å². The molecule has 1 aromatic carbocycles. The van der Waals surface area contributed by atoms with E-state index in [0.717, 1.165) is 0 Å². The molecule has 0 saturated carbocycles. The molecule has 3 rings (SSSR count). The third kappa shape index (κ3) is 3.80. The Morgan fingerprint density at radius 3 is 2.68 bits per heavy atom. The zero-order valence-corrected chi connectivity index (χ0v) is 13.2. The predicted octanol–water partition coefficient (Wildman–Crippen LogP) is 1.50. The van der Waals surface area contributed by atoms with Crippen molar-refractivity contribution in [3.05, 3.63) is 24.3 Å². The van der Waals surface area contributed by atoms with Crippen LogP contribution in [0.1, 0.15) is 12.8 Å². The normalized spacial score (nSPS) is 22.6. The predicted molar refractivity (Wildman–Crippen MR) is 80.2 cm³/mol. The van der Waals surface area contributed by atoms with Gasteiger partial charge in [-0.2, -0.15) is 13.2 Å². The molecule has 1 aromatic rings. The van der Waals surface area contributed by atoms with Gasteiger partial charge in [0.15, 0.2) is 11.5 Å². The summed E-state index contributed by atoms with van der Waals surface area (Å²) in [5, 5.41) is 2.56. The molecule has 0 aromatic heterocycles. The Labute approximate surface area is 141 Å². The van der Waals surface area contributed by atoms with Gasteiger partial charge in [-0.3, -0.25) is 9.59 Å². The summed E-state index contributed by atoms with van der Waals surface area (Å²) in [5.41, 5.74) is 0. The fourth-order valence-electron chi connectivity index (χ4n) is 2.94. The molecule has 0 aliphatic carbocycles. The zero-order valence-electron chi connectivity index (χ0n) is 13.2. The van der Waals surface area contributed by atoms with Gasteiger partial charge in [0.1, 0.15) is 18.8 Å². The quantitative estimate of drug-likeness (QED) is 0.889. The van der Waals surface area contributed by atoms with Crippen molar-refractivity contribution in [2.24, 2.45) is 0 Å². The molecule has 0 bridgehead atoms. The lowest BCUT2D eigenvalue weighted by Crippen LogP contribution is -2.52. The van der Waals surface area contributed by atoms with Gasteiger partial charge in [0, 0.05) is 6.54 Å². The molecule has 1 fully saturated rings. The summed E-state index contributed by atoms with van der Waals surface area (Å²) in [7, 11) is 0. The van der Waals surface area contributed by atoms with Crippen LogP contribution in [0.15, 0.2) is 24.3 Å². The highest BCUT2D eigenvalue weighted by Crippen LogP contribution is 2.31. The monoisotopic (exact) mass is 358 g/mol. The smallest absolute Gasteiger partial charge is 0.471 e. The maximum absolute atomic E-state index is 12.6. The number of ether oxygens (including phenoxy) is 2. The van der Waals surface area contributed by atoms with E-state index in [1.807, 2.05) is 0 Å². The number of carbonyl (C=O) groups is 2. The molecule has 9 heteroatoms. The van der Waals surface area contributed by atoms with Crippen molar-refractivity contribution >= 4 is 11.8 Å². The topological polar surface area (TPSA) is 67.9 Å². The average molecular weight is 358 g/mol. The minimum Gasteiger partial charge on any atom is -0.486 e. The number of nitrogens with zero attached hydrogens (tertiary/aromatic N) is 1. The SMILES string of the molecule is O=C(NCC1COc2ccccc2O1)C1CCCN1C(=O)C(F)(F)F. The molecule has 136 valence electrons. The van der Waals surface area contributed by atoms with Crippen molar-refractivity contribution in [2.45, 2.75) is 31.2 Å². The largest absolute Gasteiger partial charge is 0.486 e. The number of likely N-dealkylation sites (tertiary alicyclic amines) is 1. The first-order valence-corrected chi connectivity index (χ1v) is 7.90. The lowest BCUT2D eigenvalue weighted by molar-refractivity contribution is -0.186. The van der Waals surface area contributed by atoms with Crippen molar-refractivity contribution in [2.75, 3.05) is 19.7 Å². The van der Waals surface area contributed by atoms with E-state index in [2.05, 4.69) is 5.32 Å². The molecular formula is C16H17F3N2O4. The van der Waals surface area contributed by atoms with Gasteiger partial charge in [-0.1, -0.05) is 12.1 Å². The molecule has 1 saturated heterocycles. The number of hydrogen-bond donors (Lipinski definition) is 1. The molecular weight excluding hydrogens is 341 g/mol. The Kier molecular flexibility index (Phi) is 4.73. The van der Waals surface area contributed by atoms with Crippen LogP contribution < -0.4 is 14.8 Å². The molecule has 0 spiro atoms. The van der Waals surface area contributed by atoms with Crippen LogP contribution in [0.4, 0.5) is 13.2 Å². The lowest BCUT2D eigenvalue weighted by Gasteiger charge is -2.28. The van der Waals surface area contributed by atoms with Gasteiger partial charge >= 0.3 is 12.1 Å². The molecule has 2 aliphatic heterocycles. The second kappa shape index (κ2) is 6.81. The van der Waals surface area contributed by atoms with Crippen molar-refractivity contribution < 1.29 is 32.2 Å². The first kappa shape index (κ1) is 17.4. The van der Waals surface area contributed by atoms with Crippen molar-refractivity contribution in [3.8, 4) is 11.5 Å². The summed E-state index contributed by atoms with van der Waals surface area (Å²) in [5.74, 6) is -1.44. The van der Waals surface area contributed by atoms with Gasteiger partial charge in [-0.05, 0) is 25.0 Å². The van der Waals surface area contributed by atoms with Crippen LogP contribution in [-0.2, 0) is 9.59 Å². The van der Waals surface area contributed by atoms with Crippen LogP contribution in [0.5, 0.6) is 11.5 Å². The maximum Gasteiger partial charge on any atom is 0.471 e. The van der Waals surface area contributed by atoms with Crippen LogP contribution in [-0.4, -0.2) is 54.7 Å². The molecule has 2 atom stereocenters. The second-order valence-electron chi connectivity index (χ2n) is 5.90. The number of benzene rings is 1. The highest BCUT2D eigenvalue weighted by molar-refractivity contribution is 5.90. The summed E-state index contributed by atoms with van der Waals surface area (Å²) in [4.78, 5) is 24.2.